The number of alkyl halides is 3. The van der Waals surface area contributed by atoms with Crippen molar-refractivity contribution in [3.8, 4) is 11.3 Å². The molecule has 1 aliphatic heterocycles. The van der Waals surface area contributed by atoms with E-state index >= 15 is 0 Å². The normalized spacial score (nSPS) is 12.0. The fourth-order valence-corrected chi connectivity index (χ4v) is 3.62. The lowest BCUT2D eigenvalue weighted by Crippen LogP contribution is -2.19. The molecule has 0 unspecified atom stereocenters. The van der Waals surface area contributed by atoms with Gasteiger partial charge >= 0.3 is 12.2 Å². The molecule has 1 aliphatic carbocycles. The third-order valence-corrected chi connectivity index (χ3v) is 5.37. The lowest BCUT2D eigenvalue weighted by atomic mass is 10.1. The second kappa shape index (κ2) is 9.46. The van der Waals surface area contributed by atoms with Crippen molar-refractivity contribution in [2.45, 2.75) is 20.0 Å². The Balaban J connectivity index is 1.54. The van der Waals surface area contributed by atoms with Gasteiger partial charge in [0.2, 0.25) is 0 Å². The molecule has 0 spiro atoms. The summed E-state index contributed by atoms with van der Waals surface area (Å²) < 4.78 is 38.1. The van der Waals surface area contributed by atoms with E-state index in [-0.39, 0.29) is 11.2 Å². The highest BCUT2D eigenvalue weighted by Gasteiger charge is 2.30. The van der Waals surface area contributed by atoms with Gasteiger partial charge in [-0.1, -0.05) is 30.3 Å². The summed E-state index contributed by atoms with van der Waals surface area (Å²) in [5.74, 6) is 0. The smallest absolute Gasteiger partial charge is 0.321 e. The van der Waals surface area contributed by atoms with Gasteiger partial charge in [0.25, 0.3) is 5.56 Å². The number of hydrogen-bond acceptors (Lipinski definition) is 3. The highest BCUT2D eigenvalue weighted by molar-refractivity contribution is 6.06. The van der Waals surface area contributed by atoms with E-state index in [1.807, 2.05) is 37.3 Å². The SMILES string of the molecule is CC(=Nc1cc(NC(=O)Nc2ccc(C(F)(F)F)cc2)ccc1C)c1c2cccccc-2[nH]c1=O. The van der Waals surface area contributed by atoms with Crippen molar-refractivity contribution in [3.05, 3.63) is 99.8 Å². The Morgan fingerprint density at radius 2 is 1.57 bits per heavy atom. The molecular weight excluding hydrogens is 457 g/mol. The Bertz CT molecular complexity index is 1440. The maximum absolute atomic E-state index is 12.7. The Hall–Kier alpha value is -4.40. The van der Waals surface area contributed by atoms with Crippen molar-refractivity contribution in [1.82, 2.24) is 4.98 Å². The number of nitrogens with zero attached hydrogens (tertiary/aromatic N) is 1. The molecular formula is C26H21F3N4O2. The van der Waals surface area contributed by atoms with Gasteiger partial charge in [0.05, 0.1) is 22.5 Å². The van der Waals surface area contributed by atoms with Gasteiger partial charge in [-0.2, -0.15) is 13.2 Å². The number of rotatable bonds is 4. The first-order valence-corrected chi connectivity index (χ1v) is 10.6. The molecule has 2 aromatic rings. The van der Waals surface area contributed by atoms with Crippen LogP contribution >= 0.6 is 0 Å². The van der Waals surface area contributed by atoms with Gasteiger partial charge in [0, 0.05) is 22.6 Å². The minimum atomic E-state index is -4.45. The number of aromatic amines is 1. The van der Waals surface area contributed by atoms with E-state index < -0.39 is 17.8 Å². The third kappa shape index (κ3) is 5.40. The topological polar surface area (TPSA) is 86.3 Å². The molecule has 1 heterocycles. The number of H-pyrrole nitrogens is 1. The minimum absolute atomic E-state index is 0.215. The molecule has 6 nitrogen and oxygen atoms in total. The number of fused-ring (bicyclic) bond motifs is 1. The lowest BCUT2D eigenvalue weighted by molar-refractivity contribution is -0.137. The summed E-state index contributed by atoms with van der Waals surface area (Å²) in [6, 6.07) is 17.8. The molecule has 0 radical (unpaired) electrons. The fraction of sp³-hybridized carbons (Fsp3) is 0.115. The number of aromatic nitrogens is 1. The zero-order valence-electron chi connectivity index (χ0n) is 18.8. The summed E-state index contributed by atoms with van der Waals surface area (Å²) >= 11 is 0. The highest BCUT2D eigenvalue weighted by atomic mass is 19.4. The molecule has 9 heteroatoms. The second-order valence-corrected chi connectivity index (χ2v) is 7.92. The Morgan fingerprint density at radius 3 is 2.29 bits per heavy atom. The van der Waals surface area contributed by atoms with E-state index in [1.54, 1.807) is 25.1 Å². The summed E-state index contributed by atoms with van der Waals surface area (Å²) in [6.45, 7) is 3.60. The number of halogens is 3. The number of anilines is 2. The summed E-state index contributed by atoms with van der Waals surface area (Å²) in [5.41, 5.74) is 3.43. The Kier molecular flexibility index (Phi) is 6.42. The van der Waals surface area contributed by atoms with Crippen LogP contribution in [-0.2, 0) is 6.18 Å². The molecule has 0 bridgehead atoms. The van der Waals surface area contributed by atoms with Crippen molar-refractivity contribution in [3.63, 3.8) is 0 Å². The predicted octanol–water partition coefficient (Wildman–Crippen LogP) is 6.59. The highest BCUT2D eigenvalue weighted by Crippen LogP contribution is 2.30. The van der Waals surface area contributed by atoms with Crippen LogP contribution in [-0.4, -0.2) is 16.7 Å². The van der Waals surface area contributed by atoms with Gasteiger partial charge in [-0.05, 0) is 61.9 Å². The molecule has 35 heavy (non-hydrogen) atoms. The van der Waals surface area contributed by atoms with Crippen molar-refractivity contribution in [1.29, 1.82) is 0 Å². The van der Waals surface area contributed by atoms with E-state index in [0.717, 1.165) is 23.3 Å². The monoisotopic (exact) mass is 478 g/mol. The van der Waals surface area contributed by atoms with Crippen LogP contribution in [0, 0.1) is 6.92 Å². The van der Waals surface area contributed by atoms with E-state index in [1.165, 1.54) is 12.1 Å². The number of aliphatic imine (C=N–C) groups is 1. The molecule has 0 saturated heterocycles. The van der Waals surface area contributed by atoms with Crippen LogP contribution in [0.1, 0.15) is 23.6 Å². The molecule has 0 saturated carbocycles. The number of amides is 2. The molecule has 0 atom stereocenters. The standard InChI is InChI=1S/C26H21F3N4O2/c1-15-8-11-19(32-25(35)31-18-12-9-17(10-13-18)26(27,28)29)14-22(15)30-16(2)23-20-6-4-3-5-7-21(20)33-24(23)34/h3-14H,1-2H3,(H,33,34)(H2,31,32,35). The van der Waals surface area contributed by atoms with Crippen molar-refractivity contribution in [2.75, 3.05) is 10.6 Å². The summed E-state index contributed by atoms with van der Waals surface area (Å²) in [6.07, 6.45) is -4.45. The summed E-state index contributed by atoms with van der Waals surface area (Å²) in [7, 11) is 0. The maximum Gasteiger partial charge on any atom is 0.416 e. The van der Waals surface area contributed by atoms with Crippen LogP contribution in [0.25, 0.3) is 11.3 Å². The Morgan fingerprint density at radius 1 is 0.914 bits per heavy atom. The van der Waals surface area contributed by atoms with Crippen LogP contribution in [0.2, 0.25) is 0 Å². The number of hydrogen-bond donors (Lipinski definition) is 3. The van der Waals surface area contributed by atoms with E-state index in [0.29, 0.717) is 28.3 Å². The first kappa shape index (κ1) is 23.7. The number of aryl methyl sites for hydroxylation is 1. The number of urea groups is 1. The molecule has 3 N–H and O–H groups in total. The van der Waals surface area contributed by atoms with Crippen LogP contribution < -0.4 is 16.2 Å². The molecule has 2 aliphatic rings. The quantitative estimate of drug-likeness (QED) is 0.289. The van der Waals surface area contributed by atoms with Gasteiger partial charge in [-0.15, -0.1) is 0 Å². The van der Waals surface area contributed by atoms with Crippen molar-refractivity contribution in [2.24, 2.45) is 4.99 Å². The zero-order chi connectivity index (χ0) is 25.2. The predicted molar refractivity (Wildman–Crippen MR) is 131 cm³/mol. The van der Waals surface area contributed by atoms with Crippen LogP contribution in [0.3, 0.4) is 0 Å². The van der Waals surface area contributed by atoms with Gasteiger partial charge < -0.3 is 15.6 Å². The molecule has 0 fully saturated rings. The number of carbonyl (C=O) groups is 1. The van der Waals surface area contributed by atoms with Gasteiger partial charge in [-0.25, -0.2) is 4.79 Å². The first-order valence-electron chi connectivity index (χ1n) is 10.6. The summed E-state index contributed by atoms with van der Waals surface area (Å²) in [5, 5.41) is 5.14. The molecule has 2 amide bonds. The van der Waals surface area contributed by atoms with Crippen molar-refractivity contribution < 1.29 is 18.0 Å². The zero-order valence-corrected chi connectivity index (χ0v) is 18.8. The minimum Gasteiger partial charge on any atom is -0.321 e. The molecule has 2 aromatic carbocycles. The van der Waals surface area contributed by atoms with Crippen LogP contribution in [0.5, 0.6) is 0 Å². The summed E-state index contributed by atoms with van der Waals surface area (Å²) in [4.78, 5) is 32.4. The van der Waals surface area contributed by atoms with Gasteiger partial charge in [-0.3, -0.25) is 9.79 Å². The lowest BCUT2D eigenvalue weighted by Gasteiger charge is -2.11. The number of carbonyl (C=O) groups excluding carboxylic acids is 1. The van der Waals surface area contributed by atoms with Gasteiger partial charge in [0.1, 0.15) is 0 Å². The molecule has 4 rings (SSSR count). The third-order valence-electron chi connectivity index (χ3n) is 5.37. The largest absolute Gasteiger partial charge is 0.416 e. The van der Waals surface area contributed by atoms with Crippen molar-refractivity contribution >= 4 is 28.8 Å². The number of benzene rings is 2. The van der Waals surface area contributed by atoms with Gasteiger partial charge in [0.15, 0.2) is 0 Å². The second-order valence-electron chi connectivity index (χ2n) is 7.92. The Labute approximate surface area is 198 Å². The van der Waals surface area contributed by atoms with E-state index in [9.17, 15) is 22.8 Å². The first-order chi connectivity index (χ1) is 16.6. The fourth-order valence-electron chi connectivity index (χ4n) is 3.62. The molecule has 178 valence electrons. The van der Waals surface area contributed by atoms with E-state index in [4.69, 9.17) is 0 Å². The van der Waals surface area contributed by atoms with Crippen LogP contribution in [0.15, 0.2) is 82.6 Å². The average Bonchev–Trinajstić information content (AvgIpc) is 2.94. The van der Waals surface area contributed by atoms with E-state index in [2.05, 4.69) is 20.6 Å². The maximum atomic E-state index is 12.7. The average molecular weight is 478 g/mol. The number of nitrogens with one attached hydrogen (secondary N) is 3. The van der Waals surface area contributed by atoms with Crippen LogP contribution in [0.4, 0.5) is 35.0 Å². The molecule has 0 aromatic heterocycles.